The van der Waals surface area contributed by atoms with E-state index in [1.807, 2.05) is 26.0 Å². The van der Waals surface area contributed by atoms with Crippen LogP contribution in [0.5, 0.6) is 0 Å². The molecule has 0 amide bonds. The fraction of sp³-hybridized carbons (Fsp3) is 0.200. The van der Waals surface area contributed by atoms with Crippen molar-refractivity contribution in [3.8, 4) is 0 Å². The first-order valence-corrected chi connectivity index (χ1v) is 5.43. The lowest BCUT2D eigenvalue weighted by Crippen LogP contribution is -2.39. The molecule has 0 fully saturated rings. The molecular weight excluding hydrogens is 270 g/mol. The summed E-state index contributed by atoms with van der Waals surface area (Å²) in [6, 6.07) is 3.91. The first kappa shape index (κ1) is 12.5. The molecule has 6 heteroatoms. The monoisotopic (exact) mass is 283 g/mol. The molecule has 0 spiro atoms. The Balaban J connectivity index is 2.89. The number of aryl methyl sites for hydroxylation is 2. The van der Waals surface area contributed by atoms with E-state index in [-0.39, 0.29) is 11.9 Å². The Hall–Kier alpha value is -1.56. The van der Waals surface area contributed by atoms with Crippen LogP contribution in [0.25, 0.3) is 0 Å². The van der Waals surface area contributed by atoms with Gasteiger partial charge in [-0.2, -0.15) is 0 Å². The van der Waals surface area contributed by atoms with Gasteiger partial charge in [0, 0.05) is 10.2 Å². The number of anilines is 1. The van der Waals surface area contributed by atoms with Crippen LogP contribution in [0.4, 0.5) is 5.69 Å². The van der Waals surface area contributed by atoms with E-state index in [1.165, 1.54) is 0 Å². The molecule has 0 aliphatic rings. The van der Waals surface area contributed by atoms with Crippen LogP contribution in [-0.2, 0) is 0 Å². The molecule has 0 heterocycles. The van der Waals surface area contributed by atoms with Gasteiger partial charge in [0.05, 0.1) is 0 Å². The summed E-state index contributed by atoms with van der Waals surface area (Å²) in [6.07, 6.45) is 0. The molecule has 86 valence electrons. The molecule has 0 aromatic heterocycles. The third kappa shape index (κ3) is 3.23. The predicted molar refractivity (Wildman–Crippen MR) is 70.0 cm³/mol. The number of hydrogen-bond acceptors (Lipinski definition) is 2. The van der Waals surface area contributed by atoms with Gasteiger partial charge in [-0.15, -0.1) is 0 Å². The average Bonchev–Trinajstić information content (AvgIpc) is 2.09. The normalized spacial score (nSPS) is 9.69. The maximum atomic E-state index is 7.55. The van der Waals surface area contributed by atoms with Gasteiger partial charge in [0.25, 0.3) is 0 Å². The minimum Gasteiger partial charge on any atom is -0.370 e. The number of nitrogens with one attached hydrogen (secondary N) is 4. The molecular formula is C10H14BrN5. The summed E-state index contributed by atoms with van der Waals surface area (Å²) >= 11 is 3.40. The molecule has 16 heavy (non-hydrogen) atoms. The smallest absolute Gasteiger partial charge is 0.199 e. The van der Waals surface area contributed by atoms with Crippen LogP contribution in [0.3, 0.4) is 0 Å². The van der Waals surface area contributed by atoms with E-state index >= 15 is 0 Å². The SMILES string of the molecule is Cc1cc(Br)cc(C)c1NC(=N)NC(=N)N. The van der Waals surface area contributed by atoms with Gasteiger partial charge in [0.15, 0.2) is 11.9 Å². The summed E-state index contributed by atoms with van der Waals surface area (Å²) in [7, 11) is 0. The highest BCUT2D eigenvalue weighted by Crippen LogP contribution is 2.24. The largest absolute Gasteiger partial charge is 0.370 e. The van der Waals surface area contributed by atoms with Crippen LogP contribution >= 0.6 is 15.9 Å². The van der Waals surface area contributed by atoms with Gasteiger partial charge in [-0.3, -0.25) is 16.1 Å². The molecule has 5 nitrogen and oxygen atoms in total. The maximum absolute atomic E-state index is 7.55. The fourth-order valence-electron chi connectivity index (χ4n) is 1.40. The van der Waals surface area contributed by atoms with Crippen molar-refractivity contribution in [2.24, 2.45) is 5.73 Å². The van der Waals surface area contributed by atoms with Crippen molar-refractivity contribution in [3.05, 3.63) is 27.7 Å². The van der Waals surface area contributed by atoms with E-state index in [0.717, 1.165) is 21.3 Å². The third-order valence-corrected chi connectivity index (χ3v) is 2.46. The second-order valence-corrected chi connectivity index (χ2v) is 4.37. The van der Waals surface area contributed by atoms with Crippen LogP contribution in [0.1, 0.15) is 11.1 Å². The minimum absolute atomic E-state index is 0.0129. The van der Waals surface area contributed by atoms with Crippen molar-refractivity contribution in [1.82, 2.24) is 5.32 Å². The Morgan fingerprint density at radius 3 is 2.19 bits per heavy atom. The van der Waals surface area contributed by atoms with Crippen LogP contribution < -0.4 is 16.4 Å². The summed E-state index contributed by atoms with van der Waals surface area (Å²) in [4.78, 5) is 0. The lowest BCUT2D eigenvalue weighted by atomic mass is 10.1. The number of benzene rings is 1. The average molecular weight is 284 g/mol. The van der Waals surface area contributed by atoms with E-state index in [0.29, 0.717) is 0 Å². The standard InChI is InChI=1S/C10H14BrN5/c1-5-3-7(11)4-6(2)8(5)15-10(14)16-9(12)13/h3-4H,1-2H3,(H6,12,13,14,15,16). The second-order valence-electron chi connectivity index (χ2n) is 3.45. The first-order chi connectivity index (χ1) is 7.40. The van der Waals surface area contributed by atoms with Crippen molar-refractivity contribution >= 4 is 33.5 Å². The summed E-state index contributed by atoms with van der Waals surface area (Å²) in [6.45, 7) is 3.89. The Morgan fingerprint density at radius 1 is 1.25 bits per heavy atom. The quantitative estimate of drug-likeness (QED) is 0.402. The molecule has 0 radical (unpaired) electrons. The number of nitrogens with two attached hydrogens (primary N) is 1. The lowest BCUT2D eigenvalue weighted by Gasteiger charge is -2.14. The molecule has 0 saturated carbocycles. The van der Waals surface area contributed by atoms with Crippen molar-refractivity contribution < 1.29 is 0 Å². The Kier molecular flexibility index (Phi) is 3.89. The number of rotatable bonds is 1. The highest BCUT2D eigenvalue weighted by Gasteiger charge is 2.06. The summed E-state index contributed by atoms with van der Waals surface area (Å²) < 4.78 is 0.999. The first-order valence-electron chi connectivity index (χ1n) is 4.63. The van der Waals surface area contributed by atoms with Crippen LogP contribution in [0.2, 0.25) is 0 Å². The van der Waals surface area contributed by atoms with Crippen molar-refractivity contribution in [2.45, 2.75) is 13.8 Å². The van der Waals surface area contributed by atoms with Gasteiger partial charge in [-0.25, -0.2) is 0 Å². The summed E-state index contributed by atoms with van der Waals surface area (Å²) in [5, 5.41) is 19.8. The predicted octanol–water partition coefficient (Wildman–Crippen LogP) is 1.90. The van der Waals surface area contributed by atoms with E-state index in [4.69, 9.17) is 16.6 Å². The molecule has 0 saturated heterocycles. The van der Waals surface area contributed by atoms with Gasteiger partial charge in [0.1, 0.15) is 0 Å². The Labute approximate surface area is 103 Å². The third-order valence-electron chi connectivity index (χ3n) is 2.01. The summed E-state index contributed by atoms with van der Waals surface area (Å²) in [5.74, 6) is -0.272. The summed E-state index contributed by atoms with van der Waals surface area (Å²) in [5.41, 5.74) is 8.01. The Morgan fingerprint density at radius 2 is 1.75 bits per heavy atom. The molecule has 0 aliphatic carbocycles. The zero-order valence-electron chi connectivity index (χ0n) is 9.11. The van der Waals surface area contributed by atoms with E-state index in [9.17, 15) is 0 Å². The van der Waals surface area contributed by atoms with Gasteiger partial charge < -0.3 is 11.1 Å². The minimum atomic E-state index is -0.259. The highest BCUT2D eigenvalue weighted by molar-refractivity contribution is 9.10. The maximum Gasteiger partial charge on any atom is 0.199 e. The van der Waals surface area contributed by atoms with Crippen LogP contribution in [0, 0.1) is 24.7 Å². The molecule has 0 bridgehead atoms. The number of halogens is 1. The van der Waals surface area contributed by atoms with Gasteiger partial charge in [-0.1, -0.05) is 15.9 Å². The molecule has 0 atom stereocenters. The van der Waals surface area contributed by atoms with E-state index in [1.54, 1.807) is 0 Å². The molecule has 1 aromatic carbocycles. The molecule has 0 aliphatic heterocycles. The molecule has 1 aromatic rings. The van der Waals surface area contributed by atoms with Gasteiger partial charge >= 0.3 is 0 Å². The molecule has 1 rings (SSSR count). The van der Waals surface area contributed by atoms with Gasteiger partial charge in [0.2, 0.25) is 0 Å². The van der Waals surface area contributed by atoms with Crippen LogP contribution in [0.15, 0.2) is 16.6 Å². The van der Waals surface area contributed by atoms with Crippen molar-refractivity contribution in [3.63, 3.8) is 0 Å². The zero-order chi connectivity index (χ0) is 12.3. The Bertz CT molecular complexity index is 418. The topological polar surface area (TPSA) is 97.8 Å². The number of guanidine groups is 2. The van der Waals surface area contributed by atoms with Crippen LogP contribution in [-0.4, -0.2) is 11.9 Å². The number of hydrogen-bond donors (Lipinski definition) is 5. The molecule has 6 N–H and O–H groups in total. The molecule has 0 unspecified atom stereocenters. The van der Waals surface area contributed by atoms with Gasteiger partial charge in [-0.05, 0) is 37.1 Å². The highest BCUT2D eigenvalue weighted by atomic mass is 79.9. The lowest BCUT2D eigenvalue weighted by molar-refractivity contribution is 1.19. The van der Waals surface area contributed by atoms with Crippen molar-refractivity contribution in [2.75, 3.05) is 5.32 Å². The zero-order valence-corrected chi connectivity index (χ0v) is 10.7. The van der Waals surface area contributed by atoms with E-state index < -0.39 is 0 Å². The van der Waals surface area contributed by atoms with Crippen molar-refractivity contribution in [1.29, 1.82) is 10.8 Å². The van der Waals surface area contributed by atoms with E-state index in [2.05, 4.69) is 26.6 Å². The fourth-order valence-corrected chi connectivity index (χ4v) is 2.09. The second kappa shape index (κ2) is 4.98.